The first-order valence-electron chi connectivity index (χ1n) is 5.41. The molecule has 2 aromatic rings. The van der Waals surface area contributed by atoms with Crippen molar-refractivity contribution in [2.75, 3.05) is 0 Å². The Morgan fingerprint density at radius 3 is 2.44 bits per heavy atom. The van der Waals surface area contributed by atoms with Gasteiger partial charge in [0.1, 0.15) is 0 Å². The molecule has 0 radical (unpaired) electrons. The summed E-state index contributed by atoms with van der Waals surface area (Å²) >= 11 is 19.2. The predicted molar refractivity (Wildman–Crippen MR) is 79.2 cm³/mol. The van der Waals surface area contributed by atoms with E-state index in [1.165, 1.54) is 11.3 Å². The average molecular weight is 322 g/mol. The van der Waals surface area contributed by atoms with Gasteiger partial charge in [0.15, 0.2) is 0 Å². The van der Waals surface area contributed by atoms with Gasteiger partial charge in [0, 0.05) is 27.8 Å². The summed E-state index contributed by atoms with van der Waals surface area (Å²) in [6.07, 6.45) is 0.611. The number of halogens is 3. The normalized spacial score (nSPS) is 12.7. The molecular weight excluding hydrogens is 311 g/mol. The second-order valence-corrected chi connectivity index (χ2v) is 6.65. The van der Waals surface area contributed by atoms with Crippen LogP contribution in [0.5, 0.6) is 0 Å². The van der Waals surface area contributed by atoms with Gasteiger partial charge in [0.25, 0.3) is 0 Å². The maximum Gasteiger partial charge on any atom is 0.0931 e. The Labute approximate surface area is 125 Å². The topological polar surface area (TPSA) is 20.2 Å². The minimum absolute atomic E-state index is 0.474. The van der Waals surface area contributed by atoms with Gasteiger partial charge in [-0.25, -0.2) is 0 Å². The molecule has 1 N–H and O–H groups in total. The number of rotatable bonds is 4. The van der Waals surface area contributed by atoms with Gasteiger partial charge in [-0.1, -0.05) is 40.9 Å². The van der Waals surface area contributed by atoms with Gasteiger partial charge in [0.05, 0.1) is 10.4 Å². The molecule has 18 heavy (non-hydrogen) atoms. The van der Waals surface area contributed by atoms with Gasteiger partial charge in [-0.15, -0.1) is 11.3 Å². The Kier molecular flexibility index (Phi) is 4.93. The molecule has 96 valence electrons. The zero-order valence-electron chi connectivity index (χ0n) is 9.37. The third-order valence-electron chi connectivity index (χ3n) is 2.54. The number of hydrogen-bond acceptors (Lipinski definition) is 2. The van der Waals surface area contributed by atoms with Crippen LogP contribution in [-0.2, 0) is 12.8 Å². The quantitative estimate of drug-likeness (QED) is 0.853. The first-order valence-corrected chi connectivity index (χ1v) is 7.36. The molecule has 1 aromatic carbocycles. The maximum atomic E-state index is 10.0. The van der Waals surface area contributed by atoms with E-state index in [-0.39, 0.29) is 0 Å². The lowest BCUT2D eigenvalue weighted by atomic mass is 10.1. The highest BCUT2D eigenvalue weighted by atomic mass is 35.5. The molecule has 0 bridgehead atoms. The fraction of sp³-hybridized carbons (Fsp3) is 0.231. The van der Waals surface area contributed by atoms with E-state index in [0.29, 0.717) is 22.9 Å². The Morgan fingerprint density at radius 2 is 1.83 bits per heavy atom. The van der Waals surface area contributed by atoms with Crippen molar-refractivity contribution in [2.45, 2.75) is 18.9 Å². The van der Waals surface area contributed by atoms with Crippen molar-refractivity contribution in [2.24, 2.45) is 0 Å². The van der Waals surface area contributed by atoms with Crippen molar-refractivity contribution in [1.82, 2.24) is 0 Å². The first kappa shape index (κ1) is 14.2. The van der Waals surface area contributed by atoms with Crippen LogP contribution in [0, 0.1) is 0 Å². The lowest BCUT2D eigenvalue weighted by Crippen LogP contribution is -2.13. The minimum Gasteiger partial charge on any atom is -0.392 e. The lowest BCUT2D eigenvalue weighted by Gasteiger charge is -2.11. The van der Waals surface area contributed by atoms with Gasteiger partial charge in [-0.2, -0.15) is 0 Å². The monoisotopic (exact) mass is 320 g/mol. The number of aliphatic hydroxyl groups excluding tert-OH is 1. The molecule has 1 nitrogen and oxygen atoms in total. The third kappa shape index (κ3) is 3.87. The van der Waals surface area contributed by atoms with Crippen molar-refractivity contribution in [1.29, 1.82) is 0 Å². The first-order chi connectivity index (χ1) is 8.54. The molecule has 0 saturated carbocycles. The van der Waals surface area contributed by atoms with Crippen LogP contribution in [0.25, 0.3) is 0 Å². The molecule has 0 fully saturated rings. The van der Waals surface area contributed by atoms with Crippen LogP contribution in [-0.4, -0.2) is 11.2 Å². The Balaban J connectivity index is 2.00. The molecule has 0 aliphatic rings. The van der Waals surface area contributed by atoms with Gasteiger partial charge < -0.3 is 5.11 Å². The highest BCUT2D eigenvalue weighted by Crippen LogP contribution is 2.25. The fourth-order valence-corrected chi connectivity index (χ4v) is 3.35. The van der Waals surface area contributed by atoms with Gasteiger partial charge in [-0.3, -0.25) is 0 Å². The average Bonchev–Trinajstić information content (AvgIpc) is 2.68. The molecular formula is C13H11Cl3OS. The summed E-state index contributed by atoms with van der Waals surface area (Å²) in [5.74, 6) is 0. The summed E-state index contributed by atoms with van der Waals surface area (Å²) in [5, 5.41) is 11.2. The molecule has 0 spiro atoms. The zero-order chi connectivity index (χ0) is 13.1. The van der Waals surface area contributed by atoms with E-state index >= 15 is 0 Å². The van der Waals surface area contributed by atoms with Crippen molar-refractivity contribution >= 4 is 46.1 Å². The number of hydrogen-bond donors (Lipinski definition) is 1. The molecule has 0 aliphatic carbocycles. The molecule has 1 unspecified atom stereocenters. The highest BCUT2D eigenvalue weighted by Gasteiger charge is 2.11. The van der Waals surface area contributed by atoms with E-state index in [2.05, 4.69) is 0 Å². The number of benzene rings is 1. The van der Waals surface area contributed by atoms with E-state index in [9.17, 15) is 5.11 Å². The Bertz CT molecular complexity index is 539. The largest absolute Gasteiger partial charge is 0.392 e. The molecule has 0 amide bonds. The number of aliphatic hydroxyl groups is 1. The van der Waals surface area contributed by atoms with Crippen LogP contribution in [0.1, 0.15) is 10.4 Å². The summed E-state index contributed by atoms with van der Waals surface area (Å²) in [5.41, 5.74) is 0.899. The van der Waals surface area contributed by atoms with Crippen molar-refractivity contribution < 1.29 is 5.11 Å². The van der Waals surface area contributed by atoms with E-state index in [1.807, 2.05) is 18.2 Å². The van der Waals surface area contributed by atoms with Gasteiger partial charge in [0.2, 0.25) is 0 Å². The Morgan fingerprint density at radius 1 is 1.06 bits per heavy atom. The third-order valence-corrected chi connectivity index (χ3v) is 4.38. The van der Waals surface area contributed by atoms with Crippen LogP contribution in [0.3, 0.4) is 0 Å². The van der Waals surface area contributed by atoms with Crippen molar-refractivity contribution in [3.8, 4) is 0 Å². The van der Waals surface area contributed by atoms with E-state index < -0.39 is 6.10 Å². The second kappa shape index (κ2) is 6.27. The van der Waals surface area contributed by atoms with Gasteiger partial charge in [-0.05, 0) is 29.8 Å². The fourth-order valence-electron chi connectivity index (χ4n) is 1.71. The molecule has 2 rings (SSSR count). The van der Waals surface area contributed by atoms with E-state index in [1.54, 1.807) is 12.1 Å². The Hall–Kier alpha value is -0.250. The van der Waals surface area contributed by atoms with E-state index in [0.717, 1.165) is 14.8 Å². The van der Waals surface area contributed by atoms with Crippen LogP contribution < -0.4 is 0 Å². The molecule has 1 aromatic heterocycles. The molecule has 1 atom stereocenters. The molecule has 0 saturated heterocycles. The smallest absolute Gasteiger partial charge is 0.0931 e. The van der Waals surface area contributed by atoms with Crippen LogP contribution in [0.15, 0.2) is 30.3 Å². The molecule has 0 aliphatic heterocycles. The van der Waals surface area contributed by atoms with Crippen molar-refractivity contribution in [3.63, 3.8) is 0 Å². The summed E-state index contributed by atoms with van der Waals surface area (Å²) in [7, 11) is 0. The SMILES string of the molecule is OC(Cc1ccc(Cl)s1)Cc1ccc(Cl)cc1Cl. The van der Waals surface area contributed by atoms with Crippen molar-refractivity contribution in [3.05, 3.63) is 55.2 Å². The van der Waals surface area contributed by atoms with Gasteiger partial charge >= 0.3 is 0 Å². The molecule has 5 heteroatoms. The standard InChI is InChI=1S/C13H11Cl3OS/c14-9-2-1-8(12(15)6-9)5-10(17)7-11-3-4-13(16)18-11/h1-4,6,10,17H,5,7H2. The minimum atomic E-state index is -0.474. The maximum absolute atomic E-state index is 10.0. The lowest BCUT2D eigenvalue weighted by molar-refractivity contribution is 0.176. The highest BCUT2D eigenvalue weighted by molar-refractivity contribution is 7.16. The van der Waals surface area contributed by atoms with Crippen LogP contribution in [0.4, 0.5) is 0 Å². The zero-order valence-corrected chi connectivity index (χ0v) is 12.5. The van der Waals surface area contributed by atoms with Crippen LogP contribution >= 0.6 is 46.1 Å². The predicted octanol–water partition coefficient (Wildman–Crippen LogP) is 4.85. The van der Waals surface area contributed by atoms with Crippen LogP contribution in [0.2, 0.25) is 14.4 Å². The molecule has 1 heterocycles. The summed E-state index contributed by atoms with van der Waals surface area (Å²) in [4.78, 5) is 1.07. The second-order valence-electron chi connectivity index (χ2n) is 4.00. The van der Waals surface area contributed by atoms with E-state index in [4.69, 9.17) is 34.8 Å². The summed E-state index contributed by atoms with van der Waals surface area (Å²) in [6.45, 7) is 0. The number of thiophene rings is 1. The summed E-state index contributed by atoms with van der Waals surface area (Å²) < 4.78 is 0.738. The summed E-state index contributed by atoms with van der Waals surface area (Å²) in [6, 6.07) is 9.07.